The molecule has 9 heteroatoms. The summed E-state index contributed by atoms with van der Waals surface area (Å²) in [4.78, 5) is 18.0. The van der Waals surface area contributed by atoms with Crippen LogP contribution in [0.5, 0.6) is 0 Å². The number of nitrogens with zero attached hydrogens (tertiary/aromatic N) is 4. The Morgan fingerprint density at radius 2 is 2.11 bits per heavy atom. The standard InChI is InChI=1S/C9H4ClF3N4O/c10-8-5(3-18)7(9(11,12)13)16-17(8)6-1-2-14-4-15-6/h1-4H. The molecule has 2 heterocycles. The van der Waals surface area contributed by atoms with Crippen LogP contribution in [0.15, 0.2) is 18.6 Å². The van der Waals surface area contributed by atoms with Gasteiger partial charge in [0.05, 0.1) is 5.56 Å². The lowest BCUT2D eigenvalue weighted by Crippen LogP contribution is -2.09. The lowest BCUT2D eigenvalue weighted by Gasteiger charge is -2.01. The third-order valence-electron chi connectivity index (χ3n) is 2.03. The third-order valence-corrected chi connectivity index (χ3v) is 2.40. The predicted octanol–water partition coefficient (Wildman–Crippen LogP) is 2.15. The largest absolute Gasteiger partial charge is 0.435 e. The van der Waals surface area contributed by atoms with E-state index in [9.17, 15) is 18.0 Å². The Kier molecular flexibility index (Phi) is 3.04. The average molecular weight is 277 g/mol. The molecule has 2 aromatic heterocycles. The summed E-state index contributed by atoms with van der Waals surface area (Å²) in [5.74, 6) is 0.0357. The molecule has 2 rings (SSSR count). The van der Waals surface area contributed by atoms with E-state index >= 15 is 0 Å². The van der Waals surface area contributed by atoms with Gasteiger partial charge in [-0.25, -0.2) is 14.6 Å². The molecule has 0 N–H and O–H groups in total. The molecule has 0 saturated heterocycles. The van der Waals surface area contributed by atoms with Crippen molar-refractivity contribution in [1.82, 2.24) is 19.7 Å². The van der Waals surface area contributed by atoms with Crippen molar-refractivity contribution in [3.05, 3.63) is 35.0 Å². The van der Waals surface area contributed by atoms with Crippen LogP contribution in [-0.4, -0.2) is 26.0 Å². The van der Waals surface area contributed by atoms with Crippen LogP contribution in [0, 0.1) is 0 Å². The van der Waals surface area contributed by atoms with Crippen LogP contribution in [-0.2, 0) is 6.18 Å². The molecular weight excluding hydrogens is 273 g/mol. The van der Waals surface area contributed by atoms with Crippen molar-refractivity contribution in [2.24, 2.45) is 0 Å². The third kappa shape index (κ3) is 2.06. The normalized spacial score (nSPS) is 11.6. The van der Waals surface area contributed by atoms with Gasteiger partial charge in [-0.15, -0.1) is 0 Å². The first kappa shape index (κ1) is 12.5. The second kappa shape index (κ2) is 4.37. The molecule has 5 nitrogen and oxygen atoms in total. The summed E-state index contributed by atoms with van der Waals surface area (Å²) in [6.45, 7) is 0. The SMILES string of the molecule is O=Cc1c(C(F)(F)F)nn(-c2ccncn2)c1Cl. The van der Waals surface area contributed by atoms with Crippen LogP contribution in [0.25, 0.3) is 5.82 Å². The Balaban J connectivity index is 2.65. The maximum atomic E-state index is 12.6. The summed E-state index contributed by atoms with van der Waals surface area (Å²) in [6, 6.07) is 1.31. The second-order valence-electron chi connectivity index (χ2n) is 3.15. The van der Waals surface area contributed by atoms with E-state index in [2.05, 4.69) is 15.1 Å². The van der Waals surface area contributed by atoms with Gasteiger partial charge in [0.2, 0.25) is 0 Å². The fraction of sp³-hybridized carbons (Fsp3) is 0.111. The van der Waals surface area contributed by atoms with Crippen LogP contribution < -0.4 is 0 Å². The van der Waals surface area contributed by atoms with E-state index < -0.39 is 22.6 Å². The zero-order valence-electron chi connectivity index (χ0n) is 8.52. The van der Waals surface area contributed by atoms with Crippen LogP contribution >= 0.6 is 11.6 Å². The Hall–Kier alpha value is -1.96. The maximum absolute atomic E-state index is 12.6. The molecule has 0 aliphatic carbocycles. The summed E-state index contributed by atoms with van der Waals surface area (Å²) in [6.07, 6.45) is -2.32. The fourth-order valence-electron chi connectivity index (χ4n) is 1.28. The number of rotatable bonds is 2. The fourth-order valence-corrected chi connectivity index (χ4v) is 1.54. The minimum absolute atomic E-state index is 0.00977. The molecular formula is C9H4ClF3N4O. The van der Waals surface area contributed by atoms with Crippen LogP contribution in [0.1, 0.15) is 16.1 Å². The molecule has 0 saturated carbocycles. The van der Waals surface area contributed by atoms with Crippen molar-refractivity contribution in [2.75, 3.05) is 0 Å². The number of carbonyl (C=O) groups excluding carboxylic acids is 1. The van der Waals surface area contributed by atoms with Crippen LogP contribution in [0.4, 0.5) is 13.2 Å². The first-order valence-corrected chi connectivity index (χ1v) is 4.90. The first-order valence-electron chi connectivity index (χ1n) is 4.52. The van der Waals surface area contributed by atoms with Gasteiger partial charge in [-0.05, 0) is 0 Å². The minimum Gasteiger partial charge on any atom is -0.298 e. The summed E-state index contributed by atoms with van der Waals surface area (Å²) < 4.78 is 38.6. The molecule has 0 fully saturated rings. The van der Waals surface area contributed by atoms with Crippen molar-refractivity contribution in [1.29, 1.82) is 0 Å². The molecule has 0 bridgehead atoms. The molecule has 0 unspecified atom stereocenters. The zero-order valence-corrected chi connectivity index (χ0v) is 9.27. The topological polar surface area (TPSA) is 60.7 Å². The number of hydrogen-bond donors (Lipinski definition) is 0. The highest BCUT2D eigenvalue weighted by atomic mass is 35.5. The molecule has 2 aromatic rings. The van der Waals surface area contributed by atoms with E-state index in [4.69, 9.17) is 11.6 Å². The van der Waals surface area contributed by atoms with Crippen molar-refractivity contribution in [3.63, 3.8) is 0 Å². The lowest BCUT2D eigenvalue weighted by atomic mass is 10.2. The molecule has 0 spiro atoms. The van der Waals surface area contributed by atoms with E-state index in [0.717, 1.165) is 11.0 Å². The van der Waals surface area contributed by atoms with Crippen LogP contribution in [0.2, 0.25) is 5.15 Å². The summed E-state index contributed by atoms with van der Waals surface area (Å²) >= 11 is 5.68. The molecule has 0 aliphatic rings. The van der Waals surface area contributed by atoms with E-state index in [0.29, 0.717) is 0 Å². The van der Waals surface area contributed by atoms with E-state index in [1.54, 1.807) is 0 Å². The van der Waals surface area contributed by atoms with Crippen LogP contribution in [0.3, 0.4) is 0 Å². The Bertz CT molecular complexity index is 581. The highest BCUT2D eigenvalue weighted by molar-refractivity contribution is 6.32. The molecule has 0 amide bonds. The predicted molar refractivity (Wildman–Crippen MR) is 54.6 cm³/mol. The van der Waals surface area contributed by atoms with Crippen molar-refractivity contribution in [3.8, 4) is 5.82 Å². The van der Waals surface area contributed by atoms with Crippen molar-refractivity contribution < 1.29 is 18.0 Å². The van der Waals surface area contributed by atoms with Gasteiger partial charge in [0.15, 0.2) is 17.8 Å². The van der Waals surface area contributed by atoms with Gasteiger partial charge in [-0.1, -0.05) is 11.6 Å². The van der Waals surface area contributed by atoms with Gasteiger partial charge in [0.1, 0.15) is 11.5 Å². The quantitative estimate of drug-likeness (QED) is 0.789. The Morgan fingerprint density at radius 1 is 1.39 bits per heavy atom. The summed E-state index contributed by atoms with van der Waals surface area (Å²) in [5.41, 5.74) is -2.07. The molecule has 0 aliphatic heterocycles. The maximum Gasteiger partial charge on any atom is 0.435 e. The molecule has 18 heavy (non-hydrogen) atoms. The van der Waals surface area contributed by atoms with E-state index in [-0.39, 0.29) is 12.1 Å². The summed E-state index contributed by atoms with van der Waals surface area (Å²) in [7, 11) is 0. The Morgan fingerprint density at radius 3 is 2.56 bits per heavy atom. The van der Waals surface area contributed by atoms with Gasteiger partial charge in [0, 0.05) is 12.3 Å². The number of carbonyl (C=O) groups is 1. The van der Waals surface area contributed by atoms with Gasteiger partial charge < -0.3 is 0 Å². The van der Waals surface area contributed by atoms with Gasteiger partial charge in [0.25, 0.3) is 0 Å². The number of alkyl halides is 3. The zero-order chi connectivity index (χ0) is 13.3. The van der Waals surface area contributed by atoms with Crippen molar-refractivity contribution >= 4 is 17.9 Å². The molecule has 94 valence electrons. The minimum atomic E-state index is -4.77. The molecule has 0 radical (unpaired) electrons. The highest BCUT2D eigenvalue weighted by Gasteiger charge is 2.39. The highest BCUT2D eigenvalue weighted by Crippen LogP contribution is 2.34. The monoisotopic (exact) mass is 276 g/mol. The second-order valence-corrected chi connectivity index (χ2v) is 3.51. The number of aromatic nitrogens is 4. The van der Waals surface area contributed by atoms with Gasteiger partial charge >= 0.3 is 6.18 Å². The number of hydrogen-bond acceptors (Lipinski definition) is 4. The van der Waals surface area contributed by atoms with E-state index in [1.807, 2.05) is 0 Å². The number of aldehydes is 1. The smallest absolute Gasteiger partial charge is 0.298 e. The van der Waals surface area contributed by atoms with E-state index in [1.165, 1.54) is 12.3 Å². The van der Waals surface area contributed by atoms with Gasteiger partial charge in [-0.3, -0.25) is 4.79 Å². The summed E-state index contributed by atoms with van der Waals surface area (Å²) in [5, 5.41) is 2.81. The lowest BCUT2D eigenvalue weighted by molar-refractivity contribution is -0.141. The average Bonchev–Trinajstić information content (AvgIpc) is 2.67. The first-order chi connectivity index (χ1) is 8.45. The van der Waals surface area contributed by atoms with Gasteiger partial charge in [-0.2, -0.15) is 18.3 Å². The Labute approximate surface area is 103 Å². The van der Waals surface area contributed by atoms with Crippen molar-refractivity contribution in [2.45, 2.75) is 6.18 Å². The number of halogens is 4. The molecule has 0 atom stereocenters. The molecule has 0 aromatic carbocycles.